The van der Waals surface area contributed by atoms with E-state index in [-0.39, 0.29) is 11.9 Å². The van der Waals surface area contributed by atoms with Crippen LogP contribution in [0.15, 0.2) is 30.3 Å². The number of aromatic nitrogens is 2. The average Bonchev–Trinajstić information content (AvgIpc) is 3.00. The van der Waals surface area contributed by atoms with E-state index in [1.807, 2.05) is 38.1 Å². The maximum atomic E-state index is 12.5. The van der Waals surface area contributed by atoms with Crippen LogP contribution in [0.4, 0.5) is 0 Å². The average molecular weight is 326 g/mol. The molecule has 5 nitrogen and oxygen atoms in total. The molecule has 1 aromatic heterocycles. The number of H-pyrrole nitrogens is 1. The standard InChI is InChI=1S/C19H26N4O/c1-13(9-18-10-14(2)22-23-18)21-19(24)16-6-3-5-15(11-16)17-7-4-8-20-12-17/h3,5-6,10-11,13,17,20H,4,7-9,12H2,1-2H3,(H,21,24)(H,22,23). The molecule has 0 spiro atoms. The monoisotopic (exact) mass is 326 g/mol. The molecule has 1 aliphatic rings. The van der Waals surface area contributed by atoms with Crippen molar-refractivity contribution in [3.63, 3.8) is 0 Å². The predicted molar refractivity (Wildman–Crippen MR) is 95.2 cm³/mol. The third kappa shape index (κ3) is 4.23. The fraction of sp³-hybridized carbons (Fsp3) is 0.474. The molecule has 24 heavy (non-hydrogen) atoms. The van der Waals surface area contributed by atoms with Gasteiger partial charge >= 0.3 is 0 Å². The first-order chi connectivity index (χ1) is 11.6. The summed E-state index contributed by atoms with van der Waals surface area (Å²) in [5.74, 6) is 0.497. The third-order valence-corrected chi connectivity index (χ3v) is 4.57. The highest BCUT2D eigenvalue weighted by molar-refractivity contribution is 5.94. The summed E-state index contributed by atoms with van der Waals surface area (Å²) in [5.41, 5.74) is 4.01. The van der Waals surface area contributed by atoms with Crippen LogP contribution in [0.1, 0.15) is 53.0 Å². The Morgan fingerprint density at radius 1 is 1.42 bits per heavy atom. The molecular weight excluding hydrogens is 300 g/mol. The molecule has 5 heteroatoms. The Hall–Kier alpha value is -2.14. The fourth-order valence-corrected chi connectivity index (χ4v) is 3.32. The first kappa shape index (κ1) is 16.7. The third-order valence-electron chi connectivity index (χ3n) is 4.57. The highest BCUT2D eigenvalue weighted by Gasteiger charge is 2.17. The maximum Gasteiger partial charge on any atom is 0.251 e. The zero-order valence-electron chi connectivity index (χ0n) is 14.4. The summed E-state index contributed by atoms with van der Waals surface area (Å²) >= 11 is 0. The minimum Gasteiger partial charge on any atom is -0.349 e. The highest BCUT2D eigenvalue weighted by Crippen LogP contribution is 2.23. The summed E-state index contributed by atoms with van der Waals surface area (Å²) in [6.07, 6.45) is 3.11. The number of aromatic amines is 1. The molecule has 1 saturated heterocycles. The number of hydrogen-bond donors (Lipinski definition) is 3. The molecular formula is C19H26N4O. The van der Waals surface area contributed by atoms with E-state index < -0.39 is 0 Å². The van der Waals surface area contributed by atoms with Crippen LogP contribution in [0.3, 0.4) is 0 Å². The molecule has 1 aromatic carbocycles. The number of aryl methyl sites for hydroxylation is 1. The van der Waals surface area contributed by atoms with Crippen LogP contribution in [-0.4, -0.2) is 35.2 Å². The summed E-state index contributed by atoms with van der Waals surface area (Å²) in [6, 6.07) is 10.1. The lowest BCUT2D eigenvalue weighted by atomic mass is 9.90. The van der Waals surface area contributed by atoms with Gasteiger partial charge in [-0.1, -0.05) is 12.1 Å². The van der Waals surface area contributed by atoms with Gasteiger partial charge in [0.25, 0.3) is 5.91 Å². The van der Waals surface area contributed by atoms with Crippen molar-refractivity contribution in [1.82, 2.24) is 20.8 Å². The first-order valence-electron chi connectivity index (χ1n) is 8.74. The molecule has 2 aromatic rings. The number of nitrogens with one attached hydrogen (secondary N) is 3. The molecule has 0 radical (unpaired) electrons. The van der Waals surface area contributed by atoms with Gasteiger partial charge in [0.05, 0.1) is 5.69 Å². The minimum absolute atomic E-state index is 0.0135. The van der Waals surface area contributed by atoms with Crippen LogP contribution in [0, 0.1) is 6.92 Å². The van der Waals surface area contributed by atoms with Crippen molar-refractivity contribution in [2.45, 2.75) is 45.1 Å². The largest absolute Gasteiger partial charge is 0.349 e. The quantitative estimate of drug-likeness (QED) is 0.791. The van der Waals surface area contributed by atoms with E-state index in [9.17, 15) is 4.79 Å². The van der Waals surface area contributed by atoms with E-state index in [0.29, 0.717) is 5.92 Å². The van der Waals surface area contributed by atoms with Gasteiger partial charge in [0.15, 0.2) is 0 Å². The van der Waals surface area contributed by atoms with Gasteiger partial charge in [-0.2, -0.15) is 5.10 Å². The molecule has 2 atom stereocenters. The van der Waals surface area contributed by atoms with Crippen LogP contribution in [0.5, 0.6) is 0 Å². The number of hydrogen-bond acceptors (Lipinski definition) is 3. The topological polar surface area (TPSA) is 69.8 Å². The maximum absolute atomic E-state index is 12.5. The van der Waals surface area contributed by atoms with E-state index in [0.717, 1.165) is 36.5 Å². The normalized spacial score (nSPS) is 19.0. The van der Waals surface area contributed by atoms with Gasteiger partial charge in [0, 0.05) is 30.3 Å². The molecule has 0 aliphatic carbocycles. The molecule has 128 valence electrons. The Bertz CT molecular complexity index is 688. The number of amides is 1. The molecule has 2 unspecified atom stereocenters. The zero-order chi connectivity index (χ0) is 16.9. The lowest BCUT2D eigenvalue weighted by Crippen LogP contribution is -2.34. The summed E-state index contributed by atoms with van der Waals surface area (Å²) in [6.45, 7) is 6.09. The molecule has 1 amide bonds. The Morgan fingerprint density at radius 2 is 2.29 bits per heavy atom. The highest BCUT2D eigenvalue weighted by atomic mass is 16.1. The molecule has 3 N–H and O–H groups in total. The van der Waals surface area contributed by atoms with Gasteiger partial charge in [0.1, 0.15) is 0 Å². The van der Waals surface area contributed by atoms with E-state index in [4.69, 9.17) is 0 Å². The van der Waals surface area contributed by atoms with Crippen molar-refractivity contribution in [1.29, 1.82) is 0 Å². The lowest BCUT2D eigenvalue weighted by molar-refractivity contribution is 0.0940. The number of piperidine rings is 1. The smallest absolute Gasteiger partial charge is 0.251 e. The van der Waals surface area contributed by atoms with Gasteiger partial charge < -0.3 is 10.6 Å². The van der Waals surface area contributed by atoms with Crippen LogP contribution >= 0.6 is 0 Å². The Balaban J connectivity index is 1.61. The summed E-state index contributed by atoms with van der Waals surface area (Å²) < 4.78 is 0. The van der Waals surface area contributed by atoms with Gasteiger partial charge in [0.2, 0.25) is 0 Å². The van der Waals surface area contributed by atoms with Crippen LogP contribution in [0.2, 0.25) is 0 Å². The van der Waals surface area contributed by atoms with Crippen LogP contribution < -0.4 is 10.6 Å². The SMILES string of the molecule is Cc1cc(CC(C)NC(=O)c2cccc(C3CCCNC3)c2)n[nH]1. The molecule has 2 heterocycles. The second-order valence-corrected chi connectivity index (χ2v) is 6.79. The van der Waals surface area contributed by atoms with Gasteiger partial charge in [-0.15, -0.1) is 0 Å². The second kappa shape index (κ2) is 7.62. The first-order valence-corrected chi connectivity index (χ1v) is 8.74. The van der Waals surface area contributed by atoms with Gasteiger partial charge in [-0.05, 0) is 62.9 Å². The van der Waals surface area contributed by atoms with Crippen LogP contribution in [-0.2, 0) is 6.42 Å². The predicted octanol–water partition coefficient (Wildman–Crippen LogP) is 2.55. The number of carbonyl (C=O) groups excluding carboxylic acids is 1. The minimum atomic E-state index is -0.0135. The molecule has 1 aliphatic heterocycles. The molecule has 1 fully saturated rings. The number of carbonyl (C=O) groups is 1. The summed E-state index contributed by atoms with van der Waals surface area (Å²) in [7, 11) is 0. The van der Waals surface area contributed by atoms with Crippen molar-refractivity contribution >= 4 is 5.91 Å². The Morgan fingerprint density at radius 3 is 3.00 bits per heavy atom. The van der Waals surface area contributed by atoms with Crippen molar-refractivity contribution in [2.24, 2.45) is 0 Å². The zero-order valence-corrected chi connectivity index (χ0v) is 14.4. The van der Waals surface area contributed by atoms with E-state index in [2.05, 4.69) is 26.9 Å². The van der Waals surface area contributed by atoms with Crippen molar-refractivity contribution < 1.29 is 4.79 Å². The van der Waals surface area contributed by atoms with E-state index in [1.165, 1.54) is 18.4 Å². The summed E-state index contributed by atoms with van der Waals surface area (Å²) in [5, 5.41) is 13.7. The van der Waals surface area contributed by atoms with E-state index >= 15 is 0 Å². The lowest BCUT2D eigenvalue weighted by Gasteiger charge is -2.23. The Kier molecular flexibility index (Phi) is 5.30. The number of nitrogens with zero attached hydrogens (tertiary/aromatic N) is 1. The van der Waals surface area contributed by atoms with Crippen molar-refractivity contribution in [2.75, 3.05) is 13.1 Å². The van der Waals surface area contributed by atoms with E-state index in [1.54, 1.807) is 0 Å². The molecule has 0 saturated carbocycles. The number of benzene rings is 1. The fourth-order valence-electron chi connectivity index (χ4n) is 3.32. The Labute approximate surface area is 143 Å². The van der Waals surface area contributed by atoms with Crippen LogP contribution in [0.25, 0.3) is 0 Å². The number of rotatable bonds is 5. The summed E-state index contributed by atoms with van der Waals surface area (Å²) in [4.78, 5) is 12.5. The van der Waals surface area contributed by atoms with Gasteiger partial charge in [-0.3, -0.25) is 9.89 Å². The van der Waals surface area contributed by atoms with Crippen molar-refractivity contribution in [3.8, 4) is 0 Å². The molecule has 3 rings (SSSR count). The van der Waals surface area contributed by atoms with Crippen molar-refractivity contribution in [3.05, 3.63) is 52.8 Å². The molecule has 0 bridgehead atoms. The second-order valence-electron chi connectivity index (χ2n) is 6.79. The van der Waals surface area contributed by atoms with Gasteiger partial charge in [-0.25, -0.2) is 0 Å².